The van der Waals surface area contributed by atoms with Gasteiger partial charge in [0.05, 0.1) is 8.07 Å². The summed E-state index contributed by atoms with van der Waals surface area (Å²) in [6.45, 7) is 6.30. The molecule has 0 aromatic heterocycles. The maximum Gasteiger partial charge on any atom is 0.322 e. The molecule has 0 aliphatic carbocycles. The molecule has 0 radical (unpaired) electrons. The molecule has 0 spiro atoms. The van der Waals surface area contributed by atoms with Crippen molar-refractivity contribution in [2.75, 3.05) is 0 Å². The summed E-state index contributed by atoms with van der Waals surface area (Å²) in [6, 6.07) is 10.1. The molecule has 0 atom stereocenters. The minimum atomic E-state index is -1.84. The number of alkyl halides is 2. The van der Waals surface area contributed by atoms with Crippen molar-refractivity contribution in [2.24, 2.45) is 0 Å². The molecule has 1 heterocycles. The molecular formula is C15H18Cl2O2Si. The van der Waals surface area contributed by atoms with Crippen molar-refractivity contribution in [3.05, 3.63) is 46.9 Å². The predicted octanol–water partition coefficient (Wildman–Crippen LogP) is 4.48. The van der Waals surface area contributed by atoms with Gasteiger partial charge in [-0.1, -0.05) is 50.0 Å². The molecule has 0 saturated heterocycles. The second kappa shape index (κ2) is 5.55. The fourth-order valence-corrected chi connectivity index (χ4v) is 4.77. The zero-order valence-electron chi connectivity index (χ0n) is 11.9. The third kappa shape index (κ3) is 3.27. The number of carbonyl (C=O) groups excluding carboxylic acids is 1. The van der Waals surface area contributed by atoms with E-state index >= 15 is 0 Å². The number of ketones is 1. The average Bonchev–Trinajstić information content (AvgIpc) is 2.58. The van der Waals surface area contributed by atoms with Crippen LogP contribution in [-0.4, -0.2) is 18.4 Å². The molecule has 0 amide bonds. The van der Waals surface area contributed by atoms with Crippen molar-refractivity contribution in [3.8, 4) is 0 Å². The Labute approximate surface area is 130 Å². The van der Waals surface area contributed by atoms with Crippen LogP contribution in [0.2, 0.25) is 19.6 Å². The first-order chi connectivity index (χ1) is 9.22. The Hall–Kier alpha value is -0.773. The monoisotopic (exact) mass is 328 g/mol. The van der Waals surface area contributed by atoms with Gasteiger partial charge in [0.1, 0.15) is 5.76 Å². The van der Waals surface area contributed by atoms with Crippen molar-refractivity contribution in [1.82, 2.24) is 0 Å². The van der Waals surface area contributed by atoms with E-state index in [-0.39, 0.29) is 5.78 Å². The van der Waals surface area contributed by atoms with Crippen LogP contribution in [0.5, 0.6) is 0 Å². The third-order valence-electron chi connectivity index (χ3n) is 3.26. The Morgan fingerprint density at radius 3 is 2.25 bits per heavy atom. The average molecular weight is 329 g/mol. The molecule has 2 nitrogen and oxygen atoms in total. The zero-order valence-corrected chi connectivity index (χ0v) is 14.4. The number of aryl methyl sites for hydroxylation is 1. The number of benzene rings is 1. The SMILES string of the molecule is C[Si](C)(C)C1=C(CCc2ccccc2)OC(Cl)(Cl)C1=O. The van der Waals surface area contributed by atoms with Gasteiger partial charge in [0, 0.05) is 11.6 Å². The standard InChI is InChI=1S/C15H18Cl2O2Si/c1-20(2,3)13-12(19-15(16,17)14(13)18)10-9-11-7-5-4-6-8-11/h4-8H,9-10H2,1-3H3. The van der Waals surface area contributed by atoms with Crippen molar-refractivity contribution < 1.29 is 9.53 Å². The van der Waals surface area contributed by atoms with Crippen molar-refractivity contribution in [2.45, 2.75) is 37.0 Å². The van der Waals surface area contributed by atoms with Gasteiger partial charge in [-0.3, -0.25) is 4.79 Å². The zero-order chi connectivity index (χ0) is 15.0. The number of hydrogen-bond donors (Lipinski definition) is 0. The number of allylic oxidation sites excluding steroid dienone is 1. The molecule has 0 fully saturated rings. The number of halogens is 2. The van der Waals surface area contributed by atoms with Gasteiger partial charge in [0.15, 0.2) is 0 Å². The number of ether oxygens (including phenoxy) is 1. The van der Waals surface area contributed by atoms with Crippen LogP contribution < -0.4 is 0 Å². The summed E-state index contributed by atoms with van der Waals surface area (Å²) in [5.74, 6) is 0.395. The number of hydrogen-bond acceptors (Lipinski definition) is 2. The Morgan fingerprint density at radius 1 is 1.10 bits per heavy atom. The molecule has 2 rings (SSSR count). The number of rotatable bonds is 4. The van der Waals surface area contributed by atoms with Gasteiger partial charge in [0.2, 0.25) is 5.78 Å². The van der Waals surface area contributed by atoms with Crippen LogP contribution in [0.4, 0.5) is 0 Å². The topological polar surface area (TPSA) is 26.3 Å². The van der Waals surface area contributed by atoms with Crippen LogP contribution in [0.15, 0.2) is 41.3 Å². The largest absolute Gasteiger partial charge is 0.456 e. The summed E-state index contributed by atoms with van der Waals surface area (Å²) in [4.78, 5) is 12.3. The molecule has 5 heteroatoms. The first-order valence-electron chi connectivity index (χ1n) is 6.61. The lowest BCUT2D eigenvalue weighted by Crippen LogP contribution is -2.33. The van der Waals surface area contributed by atoms with Crippen LogP contribution in [0.1, 0.15) is 12.0 Å². The first-order valence-corrected chi connectivity index (χ1v) is 10.9. The molecule has 1 aromatic carbocycles. The normalized spacial score (nSPS) is 18.4. The van der Waals surface area contributed by atoms with E-state index < -0.39 is 12.6 Å². The highest BCUT2D eigenvalue weighted by molar-refractivity contribution is 6.89. The summed E-state index contributed by atoms with van der Waals surface area (Å²) in [5.41, 5.74) is 1.20. The molecule has 0 saturated carbocycles. The summed E-state index contributed by atoms with van der Waals surface area (Å²) in [6.07, 6.45) is 1.46. The maximum atomic E-state index is 12.3. The van der Waals surface area contributed by atoms with E-state index in [1.165, 1.54) is 5.56 Å². The van der Waals surface area contributed by atoms with Crippen molar-refractivity contribution in [3.63, 3.8) is 0 Å². The molecule has 0 N–H and O–H groups in total. The van der Waals surface area contributed by atoms with Crippen molar-refractivity contribution >= 4 is 37.1 Å². The van der Waals surface area contributed by atoms with Gasteiger partial charge >= 0.3 is 4.52 Å². The Bertz CT molecular complexity index is 545. The van der Waals surface area contributed by atoms with Gasteiger partial charge < -0.3 is 4.74 Å². The van der Waals surface area contributed by atoms with E-state index in [1.54, 1.807) is 0 Å². The summed E-state index contributed by atoms with van der Waals surface area (Å²) >= 11 is 11.9. The lowest BCUT2D eigenvalue weighted by molar-refractivity contribution is -0.119. The van der Waals surface area contributed by atoms with Gasteiger partial charge in [-0.05, 0) is 35.2 Å². The van der Waals surface area contributed by atoms with E-state index in [0.717, 1.165) is 11.6 Å². The molecule has 1 aliphatic heterocycles. The van der Waals surface area contributed by atoms with E-state index in [4.69, 9.17) is 27.9 Å². The van der Waals surface area contributed by atoms with Crippen LogP contribution in [-0.2, 0) is 16.0 Å². The molecule has 0 bridgehead atoms. The first kappa shape index (κ1) is 15.6. The number of carbonyl (C=O) groups is 1. The van der Waals surface area contributed by atoms with Gasteiger partial charge in [-0.25, -0.2) is 0 Å². The summed E-state index contributed by atoms with van der Waals surface area (Å²) < 4.78 is 3.78. The maximum absolute atomic E-state index is 12.3. The molecule has 20 heavy (non-hydrogen) atoms. The van der Waals surface area contributed by atoms with Gasteiger partial charge in [0.25, 0.3) is 0 Å². The Morgan fingerprint density at radius 2 is 1.70 bits per heavy atom. The van der Waals surface area contributed by atoms with Crippen LogP contribution in [0, 0.1) is 0 Å². The van der Waals surface area contributed by atoms with Crippen LogP contribution >= 0.6 is 23.2 Å². The molecular weight excluding hydrogens is 311 g/mol. The highest BCUT2D eigenvalue weighted by Gasteiger charge is 2.50. The Kier molecular flexibility index (Phi) is 4.33. The predicted molar refractivity (Wildman–Crippen MR) is 85.7 cm³/mol. The highest BCUT2D eigenvalue weighted by atomic mass is 35.5. The molecule has 0 unspecified atom stereocenters. The van der Waals surface area contributed by atoms with E-state index in [0.29, 0.717) is 12.2 Å². The van der Waals surface area contributed by atoms with Gasteiger partial charge in [-0.2, -0.15) is 0 Å². The van der Waals surface area contributed by atoms with Gasteiger partial charge in [-0.15, -0.1) is 0 Å². The van der Waals surface area contributed by atoms with E-state index in [1.807, 2.05) is 18.2 Å². The fourth-order valence-electron chi connectivity index (χ4n) is 2.36. The fraction of sp³-hybridized carbons (Fsp3) is 0.400. The van der Waals surface area contributed by atoms with Crippen molar-refractivity contribution in [1.29, 1.82) is 0 Å². The summed E-state index contributed by atoms with van der Waals surface area (Å²) in [7, 11) is -1.84. The van der Waals surface area contributed by atoms with Crippen LogP contribution in [0.25, 0.3) is 0 Å². The van der Waals surface area contributed by atoms with E-state index in [2.05, 4.69) is 31.8 Å². The Balaban J connectivity index is 2.23. The smallest absolute Gasteiger partial charge is 0.322 e. The van der Waals surface area contributed by atoms with E-state index in [9.17, 15) is 4.79 Å². The quantitative estimate of drug-likeness (QED) is 0.601. The highest BCUT2D eigenvalue weighted by Crippen LogP contribution is 2.42. The second-order valence-electron chi connectivity index (χ2n) is 5.98. The minimum Gasteiger partial charge on any atom is -0.456 e. The van der Waals surface area contributed by atoms with Crippen LogP contribution in [0.3, 0.4) is 0 Å². The minimum absolute atomic E-state index is 0.275. The second-order valence-corrected chi connectivity index (χ2v) is 12.2. The summed E-state index contributed by atoms with van der Waals surface area (Å²) in [5, 5.41) is 0.735. The lowest BCUT2D eigenvalue weighted by Gasteiger charge is -2.17. The third-order valence-corrected chi connectivity index (χ3v) is 5.76. The molecule has 1 aliphatic rings. The molecule has 1 aromatic rings. The number of Topliss-reactive ketones (excluding diaryl/α,β-unsaturated/α-hetero) is 1. The molecule has 108 valence electrons. The lowest BCUT2D eigenvalue weighted by atomic mass is 10.1.